The summed E-state index contributed by atoms with van der Waals surface area (Å²) in [5.41, 5.74) is 4.82. The smallest absolute Gasteiger partial charge is 0.257 e. The molecule has 1 aliphatic heterocycles. The molecule has 3 aromatic rings. The third kappa shape index (κ3) is 3.53. The van der Waals surface area contributed by atoms with Crippen molar-refractivity contribution in [1.29, 1.82) is 0 Å². The number of fused-ring (bicyclic) bond motifs is 1. The second-order valence-corrected chi connectivity index (χ2v) is 7.68. The first-order valence-corrected chi connectivity index (χ1v) is 9.55. The minimum absolute atomic E-state index is 0.125. The first-order chi connectivity index (χ1) is 13.0. The van der Waals surface area contributed by atoms with Gasteiger partial charge >= 0.3 is 0 Å². The van der Waals surface area contributed by atoms with Crippen molar-refractivity contribution < 1.29 is 14.3 Å². The number of rotatable bonds is 4. The van der Waals surface area contributed by atoms with Crippen molar-refractivity contribution in [2.75, 3.05) is 12.1 Å². The summed E-state index contributed by atoms with van der Waals surface area (Å²) in [4.78, 5) is 18.3. The van der Waals surface area contributed by atoms with E-state index in [0.29, 0.717) is 10.7 Å². The molecular weight excluding hydrogens is 360 g/mol. The van der Waals surface area contributed by atoms with Crippen molar-refractivity contribution in [1.82, 2.24) is 4.98 Å². The minimum atomic E-state index is -0.125. The van der Waals surface area contributed by atoms with Crippen LogP contribution in [0.3, 0.4) is 0 Å². The van der Waals surface area contributed by atoms with Gasteiger partial charge in [0.15, 0.2) is 16.6 Å². The lowest BCUT2D eigenvalue weighted by Crippen LogP contribution is -2.13. The number of anilines is 1. The van der Waals surface area contributed by atoms with E-state index in [1.54, 1.807) is 0 Å². The van der Waals surface area contributed by atoms with Gasteiger partial charge in [-0.3, -0.25) is 10.1 Å². The molecule has 2 heterocycles. The number of aryl methyl sites for hydroxylation is 2. The Morgan fingerprint density at radius 3 is 2.81 bits per heavy atom. The van der Waals surface area contributed by atoms with Crippen molar-refractivity contribution in [3.8, 4) is 11.5 Å². The van der Waals surface area contributed by atoms with E-state index in [9.17, 15) is 4.79 Å². The van der Waals surface area contributed by atoms with E-state index in [-0.39, 0.29) is 12.7 Å². The molecule has 1 amide bonds. The second-order valence-electron chi connectivity index (χ2n) is 6.59. The van der Waals surface area contributed by atoms with Gasteiger partial charge in [0.2, 0.25) is 6.79 Å². The summed E-state index contributed by atoms with van der Waals surface area (Å²) in [6.45, 7) is 6.20. The molecular formula is C21H20N2O3S. The van der Waals surface area contributed by atoms with Crippen molar-refractivity contribution in [3.05, 3.63) is 69.2 Å². The van der Waals surface area contributed by atoms with Crippen molar-refractivity contribution >= 4 is 22.4 Å². The van der Waals surface area contributed by atoms with Gasteiger partial charge in [0.25, 0.3) is 5.91 Å². The highest BCUT2D eigenvalue weighted by Crippen LogP contribution is 2.34. The highest BCUT2D eigenvalue weighted by atomic mass is 32.1. The lowest BCUT2D eigenvalue weighted by molar-refractivity contribution is 0.102. The van der Waals surface area contributed by atoms with Crippen LogP contribution < -0.4 is 14.8 Å². The zero-order valence-electron chi connectivity index (χ0n) is 15.5. The lowest BCUT2D eigenvalue weighted by Gasteiger charge is -2.07. The summed E-state index contributed by atoms with van der Waals surface area (Å²) in [5.74, 6) is 1.43. The van der Waals surface area contributed by atoms with Gasteiger partial charge in [-0.05, 0) is 55.7 Å². The maximum atomic E-state index is 12.6. The lowest BCUT2D eigenvalue weighted by atomic mass is 10.0. The summed E-state index contributed by atoms with van der Waals surface area (Å²) in [7, 11) is 0. The molecule has 27 heavy (non-hydrogen) atoms. The van der Waals surface area contributed by atoms with Crippen LogP contribution in [0.4, 0.5) is 5.13 Å². The number of thiazole rings is 1. The molecule has 5 nitrogen and oxygen atoms in total. The van der Waals surface area contributed by atoms with E-state index in [4.69, 9.17) is 9.47 Å². The predicted molar refractivity (Wildman–Crippen MR) is 106 cm³/mol. The molecule has 0 fully saturated rings. The van der Waals surface area contributed by atoms with Crippen LogP contribution in [-0.2, 0) is 6.42 Å². The van der Waals surface area contributed by atoms with Gasteiger partial charge in [0.05, 0.1) is 5.69 Å². The normalized spacial score (nSPS) is 12.3. The van der Waals surface area contributed by atoms with E-state index in [2.05, 4.69) is 10.3 Å². The zero-order valence-corrected chi connectivity index (χ0v) is 16.3. The van der Waals surface area contributed by atoms with E-state index in [1.807, 2.05) is 57.2 Å². The van der Waals surface area contributed by atoms with Gasteiger partial charge in [-0.15, -0.1) is 11.3 Å². The van der Waals surface area contributed by atoms with Gasteiger partial charge in [-0.1, -0.05) is 18.2 Å². The SMILES string of the molecule is Cc1cccc(C(=O)Nc2nc(C)c(Cc3ccc4c(c3)OCO4)s2)c1C. The summed E-state index contributed by atoms with van der Waals surface area (Å²) in [6, 6.07) is 11.7. The molecule has 0 spiro atoms. The third-order valence-corrected chi connectivity index (χ3v) is 5.84. The Hall–Kier alpha value is -2.86. The molecule has 0 saturated carbocycles. The van der Waals surface area contributed by atoms with E-state index >= 15 is 0 Å². The Bertz CT molecular complexity index is 1030. The maximum Gasteiger partial charge on any atom is 0.257 e. The molecule has 1 aliphatic rings. The molecule has 1 N–H and O–H groups in total. The number of ether oxygens (including phenoxy) is 2. The number of nitrogens with one attached hydrogen (secondary N) is 1. The van der Waals surface area contributed by atoms with Crippen LogP contribution in [-0.4, -0.2) is 17.7 Å². The van der Waals surface area contributed by atoms with Gasteiger partial charge in [-0.2, -0.15) is 0 Å². The molecule has 0 bridgehead atoms. The number of hydrogen-bond donors (Lipinski definition) is 1. The number of carbonyl (C=O) groups excluding carboxylic acids is 1. The van der Waals surface area contributed by atoms with E-state index < -0.39 is 0 Å². The summed E-state index contributed by atoms with van der Waals surface area (Å²) >= 11 is 1.51. The maximum absolute atomic E-state index is 12.6. The molecule has 0 aliphatic carbocycles. The van der Waals surface area contributed by atoms with Crippen LogP contribution in [0.25, 0.3) is 0 Å². The largest absolute Gasteiger partial charge is 0.454 e. The fourth-order valence-electron chi connectivity index (χ4n) is 3.04. The number of amides is 1. The predicted octanol–water partition coefficient (Wildman–Crippen LogP) is 4.64. The van der Waals surface area contributed by atoms with Crippen molar-refractivity contribution in [3.63, 3.8) is 0 Å². The molecule has 1 aromatic heterocycles. The quantitative estimate of drug-likeness (QED) is 0.716. The molecule has 0 radical (unpaired) electrons. The van der Waals surface area contributed by atoms with Gasteiger partial charge in [0.1, 0.15) is 0 Å². The monoisotopic (exact) mass is 380 g/mol. The highest BCUT2D eigenvalue weighted by Gasteiger charge is 2.17. The van der Waals surface area contributed by atoms with Gasteiger partial charge in [0, 0.05) is 16.9 Å². The standard InChI is InChI=1S/C21H20N2O3S/c1-12-5-4-6-16(13(12)2)20(24)23-21-22-14(3)19(27-21)10-15-7-8-17-18(9-15)26-11-25-17/h4-9H,10-11H2,1-3H3,(H,22,23,24). The number of aromatic nitrogens is 1. The van der Waals surface area contributed by atoms with E-state index in [1.165, 1.54) is 11.3 Å². The Labute approximate surface area is 162 Å². The fraction of sp³-hybridized carbons (Fsp3) is 0.238. The topological polar surface area (TPSA) is 60.5 Å². The number of hydrogen-bond acceptors (Lipinski definition) is 5. The molecule has 0 unspecified atom stereocenters. The van der Waals surface area contributed by atoms with E-state index in [0.717, 1.165) is 45.2 Å². The minimum Gasteiger partial charge on any atom is -0.454 e. The Kier molecular flexibility index (Phi) is 4.58. The molecule has 4 rings (SSSR count). The summed E-state index contributed by atoms with van der Waals surface area (Å²) in [5, 5.41) is 3.56. The second kappa shape index (κ2) is 7.04. The highest BCUT2D eigenvalue weighted by molar-refractivity contribution is 7.15. The Morgan fingerprint density at radius 1 is 1.15 bits per heavy atom. The first-order valence-electron chi connectivity index (χ1n) is 8.73. The van der Waals surface area contributed by atoms with Crippen LogP contribution in [0.5, 0.6) is 11.5 Å². The molecule has 2 aromatic carbocycles. The first kappa shape index (κ1) is 17.5. The summed E-state index contributed by atoms with van der Waals surface area (Å²) < 4.78 is 10.8. The van der Waals surface area contributed by atoms with Gasteiger partial charge < -0.3 is 9.47 Å². The fourth-order valence-corrected chi connectivity index (χ4v) is 4.04. The third-order valence-electron chi connectivity index (χ3n) is 4.76. The molecule has 0 saturated heterocycles. The summed E-state index contributed by atoms with van der Waals surface area (Å²) in [6.07, 6.45) is 0.736. The van der Waals surface area contributed by atoms with Crippen LogP contribution in [0.1, 0.15) is 37.6 Å². The van der Waals surface area contributed by atoms with Crippen LogP contribution in [0.2, 0.25) is 0 Å². The Morgan fingerprint density at radius 2 is 1.96 bits per heavy atom. The molecule has 6 heteroatoms. The zero-order chi connectivity index (χ0) is 19.0. The molecule has 138 valence electrons. The van der Waals surface area contributed by atoms with Crippen molar-refractivity contribution in [2.45, 2.75) is 27.2 Å². The molecule has 0 atom stereocenters. The van der Waals surface area contributed by atoms with Gasteiger partial charge in [-0.25, -0.2) is 4.98 Å². The number of nitrogens with zero attached hydrogens (tertiary/aromatic N) is 1. The average Bonchev–Trinajstić information content (AvgIpc) is 3.23. The number of carbonyl (C=O) groups is 1. The van der Waals surface area contributed by atoms with Crippen LogP contribution in [0, 0.1) is 20.8 Å². The van der Waals surface area contributed by atoms with Crippen molar-refractivity contribution in [2.24, 2.45) is 0 Å². The average molecular weight is 380 g/mol. The van der Waals surface area contributed by atoms with Crippen LogP contribution >= 0.6 is 11.3 Å². The number of benzene rings is 2. The Balaban J connectivity index is 1.51. The van der Waals surface area contributed by atoms with Crippen LogP contribution in [0.15, 0.2) is 36.4 Å².